The summed E-state index contributed by atoms with van der Waals surface area (Å²) in [4.78, 5) is 0. The Hall–Kier alpha value is -1.60. The van der Waals surface area contributed by atoms with Crippen molar-refractivity contribution < 1.29 is 0 Å². The molecule has 0 bridgehead atoms. The average Bonchev–Trinajstić information content (AvgIpc) is 2.47. The van der Waals surface area contributed by atoms with Crippen LogP contribution in [-0.4, -0.2) is 0 Å². The van der Waals surface area contributed by atoms with E-state index in [0.717, 1.165) is 6.42 Å². The highest BCUT2D eigenvalue weighted by Crippen LogP contribution is 2.29. The second kappa shape index (κ2) is 5.80. The predicted octanol–water partition coefficient (Wildman–Crippen LogP) is 5.06. The highest BCUT2D eigenvalue weighted by atomic mass is 14.6. The summed E-state index contributed by atoms with van der Waals surface area (Å²) in [5, 5.41) is 0. The van der Waals surface area contributed by atoms with Crippen LogP contribution in [0.3, 0.4) is 0 Å². The van der Waals surface area contributed by atoms with E-state index in [-0.39, 0.29) is 11.5 Å². The Bertz CT molecular complexity index is 565. The zero-order valence-electron chi connectivity index (χ0n) is 13.0. The minimum absolute atomic E-state index is 0.0771. The molecule has 0 aliphatic carbocycles. The molecule has 2 rings (SSSR count). The van der Waals surface area contributed by atoms with E-state index in [1.165, 1.54) is 22.3 Å². The van der Waals surface area contributed by atoms with Gasteiger partial charge >= 0.3 is 0 Å². The largest absolute Gasteiger partial charge is 0.324 e. The molecule has 0 radical (unpaired) electrons. The van der Waals surface area contributed by atoms with Crippen molar-refractivity contribution in [1.82, 2.24) is 0 Å². The third kappa shape index (κ3) is 3.10. The van der Waals surface area contributed by atoms with Gasteiger partial charge in [0.05, 0.1) is 0 Å². The number of hydrogen-bond donors (Lipinski definition) is 1. The van der Waals surface area contributed by atoms with Gasteiger partial charge in [0.2, 0.25) is 0 Å². The molecule has 20 heavy (non-hydrogen) atoms. The van der Waals surface area contributed by atoms with Crippen LogP contribution in [0.2, 0.25) is 0 Å². The van der Waals surface area contributed by atoms with Gasteiger partial charge in [0.15, 0.2) is 0 Å². The van der Waals surface area contributed by atoms with Crippen molar-refractivity contribution >= 4 is 0 Å². The van der Waals surface area contributed by atoms with Crippen molar-refractivity contribution in [2.45, 2.75) is 45.6 Å². The van der Waals surface area contributed by atoms with Crippen molar-refractivity contribution in [3.63, 3.8) is 0 Å². The number of benzene rings is 2. The molecular formula is C19H25N. The highest BCUT2D eigenvalue weighted by Gasteiger charge is 2.17. The van der Waals surface area contributed by atoms with Crippen LogP contribution in [0, 0.1) is 0 Å². The van der Waals surface area contributed by atoms with Gasteiger partial charge in [0, 0.05) is 6.04 Å². The summed E-state index contributed by atoms with van der Waals surface area (Å²) < 4.78 is 0. The van der Waals surface area contributed by atoms with E-state index in [1.54, 1.807) is 0 Å². The van der Waals surface area contributed by atoms with Crippen molar-refractivity contribution in [1.29, 1.82) is 0 Å². The van der Waals surface area contributed by atoms with Gasteiger partial charge in [-0.1, -0.05) is 63.2 Å². The van der Waals surface area contributed by atoms with Crippen LogP contribution in [0.5, 0.6) is 0 Å². The lowest BCUT2D eigenvalue weighted by Crippen LogP contribution is -2.14. The summed E-state index contributed by atoms with van der Waals surface area (Å²) in [7, 11) is 0. The molecule has 2 aromatic carbocycles. The molecule has 2 N–H and O–H groups in total. The van der Waals surface area contributed by atoms with Crippen LogP contribution in [0.15, 0.2) is 48.5 Å². The Kier molecular flexibility index (Phi) is 4.29. The zero-order valence-corrected chi connectivity index (χ0v) is 13.0. The normalized spacial score (nSPS) is 13.2. The Balaban J connectivity index is 2.33. The fraction of sp³-hybridized carbons (Fsp3) is 0.368. The second-order valence-electron chi connectivity index (χ2n) is 6.23. The zero-order chi connectivity index (χ0) is 14.8. The predicted molar refractivity (Wildman–Crippen MR) is 87.8 cm³/mol. The van der Waals surface area contributed by atoms with E-state index in [1.807, 2.05) is 6.92 Å². The molecule has 1 nitrogen and oxygen atoms in total. The van der Waals surface area contributed by atoms with E-state index in [2.05, 4.69) is 69.3 Å². The molecule has 1 atom stereocenters. The SMILES string of the molecule is CCC(C)(C)c1ccc(-c2cccc(C(C)N)c2)cc1. The molecule has 0 amide bonds. The molecule has 1 unspecified atom stereocenters. The molecule has 2 aromatic rings. The maximum Gasteiger partial charge on any atom is 0.0266 e. The number of nitrogens with two attached hydrogens (primary N) is 1. The molecule has 1 heteroatoms. The monoisotopic (exact) mass is 267 g/mol. The summed E-state index contributed by atoms with van der Waals surface area (Å²) in [6.45, 7) is 8.84. The minimum atomic E-state index is 0.0771. The van der Waals surface area contributed by atoms with Gasteiger partial charge < -0.3 is 5.73 Å². The quantitative estimate of drug-likeness (QED) is 0.823. The fourth-order valence-corrected chi connectivity index (χ4v) is 2.32. The minimum Gasteiger partial charge on any atom is -0.324 e. The van der Waals surface area contributed by atoms with Crippen LogP contribution >= 0.6 is 0 Å². The third-order valence-electron chi connectivity index (χ3n) is 4.30. The summed E-state index contributed by atoms with van der Waals surface area (Å²) in [5.41, 5.74) is 11.3. The number of hydrogen-bond acceptors (Lipinski definition) is 1. The van der Waals surface area contributed by atoms with Gasteiger partial charge in [-0.15, -0.1) is 0 Å². The Labute approximate surface area is 122 Å². The maximum atomic E-state index is 5.96. The van der Waals surface area contributed by atoms with E-state index >= 15 is 0 Å². The smallest absolute Gasteiger partial charge is 0.0266 e. The Morgan fingerprint density at radius 2 is 1.65 bits per heavy atom. The standard InChI is InChI=1S/C19H25N/c1-5-19(3,4)18-11-9-15(10-12-18)17-8-6-7-16(13-17)14(2)20/h6-14H,5,20H2,1-4H3. The molecule has 0 heterocycles. The van der Waals surface area contributed by atoms with Crippen LogP contribution in [0.25, 0.3) is 11.1 Å². The lowest BCUT2D eigenvalue weighted by molar-refractivity contribution is 0.506. The van der Waals surface area contributed by atoms with E-state index in [9.17, 15) is 0 Å². The van der Waals surface area contributed by atoms with Gasteiger partial charge in [-0.05, 0) is 47.1 Å². The van der Waals surface area contributed by atoms with E-state index < -0.39 is 0 Å². The van der Waals surface area contributed by atoms with Crippen LogP contribution < -0.4 is 5.73 Å². The van der Waals surface area contributed by atoms with Gasteiger partial charge in [0.1, 0.15) is 0 Å². The van der Waals surface area contributed by atoms with E-state index in [0.29, 0.717) is 0 Å². The first-order chi connectivity index (χ1) is 9.44. The molecular weight excluding hydrogens is 242 g/mol. The lowest BCUT2D eigenvalue weighted by atomic mass is 9.82. The lowest BCUT2D eigenvalue weighted by Gasteiger charge is -2.23. The topological polar surface area (TPSA) is 26.0 Å². The third-order valence-corrected chi connectivity index (χ3v) is 4.30. The van der Waals surface area contributed by atoms with Crippen LogP contribution in [-0.2, 0) is 5.41 Å². The van der Waals surface area contributed by atoms with Crippen LogP contribution in [0.4, 0.5) is 0 Å². The molecule has 0 aliphatic rings. The molecule has 0 fully saturated rings. The van der Waals surface area contributed by atoms with Gasteiger partial charge in [-0.25, -0.2) is 0 Å². The molecule has 0 saturated carbocycles. The first kappa shape index (κ1) is 14.8. The molecule has 0 saturated heterocycles. The summed E-state index contributed by atoms with van der Waals surface area (Å²) in [5.74, 6) is 0. The highest BCUT2D eigenvalue weighted by molar-refractivity contribution is 5.64. The van der Waals surface area contributed by atoms with Gasteiger partial charge in [-0.2, -0.15) is 0 Å². The first-order valence-corrected chi connectivity index (χ1v) is 7.40. The average molecular weight is 267 g/mol. The van der Waals surface area contributed by atoms with Gasteiger partial charge in [0.25, 0.3) is 0 Å². The van der Waals surface area contributed by atoms with Crippen molar-refractivity contribution in [2.75, 3.05) is 0 Å². The number of rotatable bonds is 4. The molecule has 106 valence electrons. The molecule has 0 spiro atoms. The first-order valence-electron chi connectivity index (χ1n) is 7.40. The maximum absolute atomic E-state index is 5.96. The Morgan fingerprint density at radius 3 is 2.20 bits per heavy atom. The van der Waals surface area contributed by atoms with Crippen molar-refractivity contribution in [3.05, 3.63) is 59.7 Å². The molecule has 0 aliphatic heterocycles. The fourth-order valence-electron chi connectivity index (χ4n) is 2.32. The Morgan fingerprint density at radius 1 is 1.00 bits per heavy atom. The van der Waals surface area contributed by atoms with Crippen LogP contribution in [0.1, 0.15) is 51.3 Å². The van der Waals surface area contributed by atoms with E-state index in [4.69, 9.17) is 5.73 Å². The second-order valence-corrected chi connectivity index (χ2v) is 6.23. The molecule has 0 aromatic heterocycles. The van der Waals surface area contributed by atoms with Gasteiger partial charge in [-0.3, -0.25) is 0 Å². The van der Waals surface area contributed by atoms with Crippen molar-refractivity contribution in [3.8, 4) is 11.1 Å². The summed E-state index contributed by atoms with van der Waals surface area (Å²) >= 11 is 0. The van der Waals surface area contributed by atoms with Crippen molar-refractivity contribution in [2.24, 2.45) is 5.73 Å². The summed E-state index contributed by atoms with van der Waals surface area (Å²) in [6.07, 6.45) is 1.15. The summed E-state index contributed by atoms with van der Waals surface area (Å²) in [6, 6.07) is 17.5.